The minimum absolute atomic E-state index is 0.0392. The van der Waals surface area contributed by atoms with Crippen LogP contribution in [0.2, 0.25) is 5.02 Å². The van der Waals surface area contributed by atoms with E-state index in [1.54, 1.807) is 30.3 Å². The van der Waals surface area contributed by atoms with Gasteiger partial charge in [0.2, 0.25) is 15.9 Å². The number of para-hydroxylation sites is 1. The third-order valence-corrected chi connectivity index (χ3v) is 6.30. The molecule has 0 aliphatic carbocycles. The van der Waals surface area contributed by atoms with Crippen LogP contribution in [-0.4, -0.2) is 51.5 Å². The Labute approximate surface area is 163 Å². The number of hydrogen-bond donors (Lipinski definition) is 2. The van der Waals surface area contributed by atoms with Crippen molar-refractivity contribution in [3.8, 4) is 0 Å². The number of anilines is 2. The lowest BCUT2D eigenvalue weighted by Crippen LogP contribution is -2.40. The van der Waals surface area contributed by atoms with Crippen LogP contribution in [-0.2, 0) is 19.6 Å². The predicted octanol–water partition coefficient (Wildman–Crippen LogP) is 2.41. The predicted molar refractivity (Wildman–Crippen MR) is 105 cm³/mol. The van der Waals surface area contributed by atoms with Crippen LogP contribution in [0, 0.1) is 0 Å². The molecule has 1 aliphatic heterocycles. The van der Waals surface area contributed by atoms with Crippen molar-refractivity contribution in [2.75, 3.05) is 43.5 Å². The first-order valence-electron chi connectivity index (χ1n) is 8.43. The molecular formula is C18H20ClN3O4S. The summed E-state index contributed by atoms with van der Waals surface area (Å²) in [7, 11) is -3.54. The van der Waals surface area contributed by atoms with E-state index in [0.717, 1.165) is 0 Å². The molecule has 0 saturated carbocycles. The number of carbonyl (C=O) groups is 1. The van der Waals surface area contributed by atoms with Gasteiger partial charge >= 0.3 is 0 Å². The number of amides is 1. The van der Waals surface area contributed by atoms with Crippen molar-refractivity contribution in [2.45, 2.75) is 4.90 Å². The van der Waals surface area contributed by atoms with Gasteiger partial charge < -0.3 is 15.4 Å². The average Bonchev–Trinajstić information content (AvgIpc) is 2.68. The molecular weight excluding hydrogens is 390 g/mol. The molecule has 1 fully saturated rings. The smallest absolute Gasteiger partial charge is 0.243 e. The SMILES string of the molecule is O=C(CNc1ccccc1Cl)Nc1ccc(S(=O)(=O)N2CCOCC2)cc1. The normalized spacial score (nSPS) is 15.3. The highest BCUT2D eigenvalue weighted by Crippen LogP contribution is 2.21. The Morgan fingerprint density at radius 3 is 2.41 bits per heavy atom. The first-order valence-corrected chi connectivity index (χ1v) is 10.2. The number of halogens is 1. The monoisotopic (exact) mass is 409 g/mol. The number of morpholine rings is 1. The summed E-state index contributed by atoms with van der Waals surface area (Å²) in [5, 5.41) is 6.20. The van der Waals surface area contributed by atoms with E-state index in [2.05, 4.69) is 10.6 Å². The van der Waals surface area contributed by atoms with Crippen LogP contribution in [0.15, 0.2) is 53.4 Å². The summed E-state index contributed by atoms with van der Waals surface area (Å²) < 4.78 is 31.7. The number of rotatable bonds is 6. The van der Waals surface area contributed by atoms with Crippen LogP contribution in [0.25, 0.3) is 0 Å². The van der Waals surface area contributed by atoms with Crippen molar-refractivity contribution in [1.82, 2.24) is 4.31 Å². The third-order valence-electron chi connectivity index (χ3n) is 4.06. The number of benzene rings is 2. The average molecular weight is 410 g/mol. The number of ether oxygens (including phenoxy) is 1. The molecule has 3 rings (SSSR count). The van der Waals surface area contributed by atoms with Crippen LogP contribution < -0.4 is 10.6 Å². The van der Waals surface area contributed by atoms with Gasteiger partial charge in [-0.3, -0.25) is 4.79 Å². The van der Waals surface area contributed by atoms with Crippen LogP contribution in [0.1, 0.15) is 0 Å². The molecule has 0 radical (unpaired) electrons. The molecule has 144 valence electrons. The zero-order valence-electron chi connectivity index (χ0n) is 14.5. The summed E-state index contributed by atoms with van der Waals surface area (Å²) in [4.78, 5) is 12.3. The fraction of sp³-hybridized carbons (Fsp3) is 0.278. The maximum absolute atomic E-state index is 12.6. The fourth-order valence-corrected chi connectivity index (χ4v) is 4.24. The molecule has 1 aliphatic rings. The summed E-state index contributed by atoms with van der Waals surface area (Å²) in [6.45, 7) is 1.51. The van der Waals surface area contributed by atoms with E-state index < -0.39 is 10.0 Å². The van der Waals surface area contributed by atoms with Gasteiger partial charge in [0, 0.05) is 18.8 Å². The first kappa shape index (κ1) is 19.6. The minimum atomic E-state index is -3.54. The highest BCUT2D eigenvalue weighted by Gasteiger charge is 2.26. The number of carbonyl (C=O) groups excluding carboxylic acids is 1. The number of nitrogens with one attached hydrogen (secondary N) is 2. The van der Waals surface area contributed by atoms with E-state index in [4.69, 9.17) is 16.3 Å². The van der Waals surface area contributed by atoms with E-state index >= 15 is 0 Å². The van der Waals surface area contributed by atoms with Crippen LogP contribution in [0.5, 0.6) is 0 Å². The molecule has 0 atom stereocenters. The van der Waals surface area contributed by atoms with Crippen molar-refractivity contribution < 1.29 is 17.9 Å². The molecule has 0 spiro atoms. The molecule has 0 unspecified atom stereocenters. The van der Waals surface area contributed by atoms with Crippen molar-refractivity contribution in [2.24, 2.45) is 0 Å². The summed E-state index contributed by atoms with van der Waals surface area (Å²) >= 11 is 6.03. The minimum Gasteiger partial charge on any atom is -0.379 e. The Morgan fingerprint density at radius 1 is 1.07 bits per heavy atom. The van der Waals surface area contributed by atoms with Crippen LogP contribution in [0.4, 0.5) is 11.4 Å². The van der Waals surface area contributed by atoms with Gasteiger partial charge in [0.05, 0.1) is 35.4 Å². The van der Waals surface area contributed by atoms with Gasteiger partial charge in [0.15, 0.2) is 0 Å². The standard InChI is InChI=1S/C18H20ClN3O4S/c19-16-3-1-2-4-17(16)20-13-18(23)21-14-5-7-15(8-6-14)27(24,25)22-9-11-26-12-10-22/h1-8,20H,9-13H2,(H,21,23). The molecule has 0 aromatic heterocycles. The van der Waals surface area contributed by atoms with Crippen LogP contribution in [0.3, 0.4) is 0 Å². The zero-order chi connectivity index (χ0) is 19.3. The topological polar surface area (TPSA) is 87.7 Å². The third kappa shape index (κ3) is 4.98. The Bertz CT molecular complexity index is 897. The molecule has 7 nitrogen and oxygen atoms in total. The van der Waals surface area contributed by atoms with Gasteiger partial charge in [-0.15, -0.1) is 0 Å². The van der Waals surface area contributed by atoms with E-state index in [1.807, 2.05) is 6.07 Å². The quantitative estimate of drug-likeness (QED) is 0.765. The molecule has 27 heavy (non-hydrogen) atoms. The van der Waals surface area contributed by atoms with Crippen molar-refractivity contribution in [1.29, 1.82) is 0 Å². The Hall–Kier alpha value is -2.13. The molecule has 0 bridgehead atoms. The fourth-order valence-electron chi connectivity index (χ4n) is 2.63. The van der Waals surface area contributed by atoms with Gasteiger partial charge in [0.25, 0.3) is 0 Å². The summed E-state index contributed by atoms with van der Waals surface area (Å²) in [5.74, 6) is -0.265. The van der Waals surface area contributed by atoms with Crippen LogP contribution >= 0.6 is 11.6 Å². The lowest BCUT2D eigenvalue weighted by molar-refractivity contribution is -0.114. The second kappa shape index (κ2) is 8.71. The van der Waals surface area contributed by atoms with E-state index in [9.17, 15) is 13.2 Å². The van der Waals surface area contributed by atoms with Gasteiger partial charge in [-0.25, -0.2) is 8.42 Å². The largest absolute Gasteiger partial charge is 0.379 e. The molecule has 1 amide bonds. The molecule has 1 saturated heterocycles. The lowest BCUT2D eigenvalue weighted by atomic mass is 10.3. The van der Waals surface area contributed by atoms with E-state index in [1.165, 1.54) is 16.4 Å². The Kier molecular flexibility index (Phi) is 6.33. The first-order chi connectivity index (χ1) is 13.0. The second-order valence-corrected chi connectivity index (χ2v) is 8.27. The second-order valence-electron chi connectivity index (χ2n) is 5.92. The van der Waals surface area contributed by atoms with Crippen molar-refractivity contribution >= 4 is 38.9 Å². The molecule has 2 aromatic carbocycles. The van der Waals surface area contributed by atoms with E-state index in [0.29, 0.717) is 42.7 Å². The number of nitrogens with zero attached hydrogens (tertiary/aromatic N) is 1. The Balaban J connectivity index is 1.58. The highest BCUT2D eigenvalue weighted by molar-refractivity contribution is 7.89. The Morgan fingerprint density at radius 2 is 1.74 bits per heavy atom. The molecule has 2 N–H and O–H groups in total. The van der Waals surface area contributed by atoms with Crippen molar-refractivity contribution in [3.05, 3.63) is 53.6 Å². The van der Waals surface area contributed by atoms with E-state index in [-0.39, 0.29) is 17.3 Å². The maximum atomic E-state index is 12.6. The summed E-state index contributed by atoms with van der Waals surface area (Å²) in [6.07, 6.45) is 0. The zero-order valence-corrected chi connectivity index (χ0v) is 16.1. The van der Waals surface area contributed by atoms with Gasteiger partial charge in [-0.2, -0.15) is 4.31 Å². The number of hydrogen-bond acceptors (Lipinski definition) is 5. The molecule has 1 heterocycles. The number of sulfonamides is 1. The highest BCUT2D eigenvalue weighted by atomic mass is 35.5. The van der Waals surface area contributed by atoms with Gasteiger partial charge in [-0.1, -0.05) is 23.7 Å². The van der Waals surface area contributed by atoms with Gasteiger partial charge in [0.1, 0.15) is 0 Å². The molecule has 9 heteroatoms. The van der Waals surface area contributed by atoms with Crippen molar-refractivity contribution in [3.63, 3.8) is 0 Å². The molecule has 2 aromatic rings. The summed E-state index contributed by atoms with van der Waals surface area (Å²) in [6, 6.07) is 13.3. The summed E-state index contributed by atoms with van der Waals surface area (Å²) in [5.41, 5.74) is 1.18. The van der Waals surface area contributed by atoms with Gasteiger partial charge in [-0.05, 0) is 36.4 Å². The lowest BCUT2D eigenvalue weighted by Gasteiger charge is -2.26. The maximum Gasteiger partial charge on any atom is 0.243 e.